The topological polar surface area (TPSA) is 132 Å². The molecule has 4 aromatic heterocycles. The van der Waals surface area contributed by atoms with E-state index >= 15 is 0 Å². The van der Waals surface area contributed by atoms with Crippen molar-refractivity contribution in [3.63, 3.8) is 0 Å². The number of alkyl halides is 3. The van der Waals surface area contributed by atoms with Crippen molar-refractivity contribution in [1.82, 2.24) is 29.4 Å². The minimum Gasteiger partial charge on any atom is -0.383 e. The number of fused-ring (bicyclic) bond motifs is 4. The summed E-state index contributed by atoms with van der Waals surface area (Å²) in [6.07, 6.45) is -2.28. The Hall–Kier alpha value is -4.00. The molecule has 2 aliphatic rings. The Kier molecular flexibility index (Phi) is 5.51. The first-order valence-corrected chi connectivity index (χ1v) is 12.5. The standard InChI is InChI=1S/C25H22ClF3N8O2/c1-11-20-12(6-14(33-11)25(27,28)29)19-21(30)31-10-32-22(19)36(20)9-18(38)37-13(7-24(2)8-15(24)37)23(39)35-17-5-3-4-16(26)34-17/h3-6,10,13,15H,7-9H2,1-2H3,(H2,30,31,32)(H,34,35,39)/t13-,15+,24-/m0/s1. The molecule has 3 N–H and O–H groups in total. The first kappa shape index (κ1) is 25.3. The number of nitrogens with zero attached hydrogens (tertiary/aromatic N) is 6. The monoisotopic (exact) mass is 558 g/mol. The summed E-state index contributed by atoms with van der Waals surface area (Å²) in [5.74, 6) is -0.525. The van der Waals surface area contributed by atoms with E-state index in [4.69, 9.17) is 17.3 Å². The van der Waals surface area contributed by atoms with Crippen molar-refractivity contribution in [2.24, 2.45) is 5.41 Å². The van der Waals surface area contributed by atoms with Gasteiger partial charge in [-0.1, -0.05) is 24.6 Å². The third-order valence-corrected chi connectivity index (χ3v) is 7.81. The van der Waals surface area contributed by atoms with Gasteiger partial charge in [-0.3, -0.25) is 9.59 Å². The molecule has 10 nitrogen and oxygen atoms in total. The zero-order valence-corrected chi connectivity index (χ0v) is 21.5. The second-order valence-electron chi connectivity index (χ2n) is 10.3. The minimum atomic E-state index is -4.68. The number of hydrogen-bond donors (Lipinski definition) is 2. The zero-order valence-electron chi connectivity index (χ0n) is 20.8. The quantitative estimate of drug-likeness (QED) is 0.362. The van der Waals surface area contributed by atoms with E-state index in [0.29, 0.717) is 11.9 Å². The second-order valence-corrected chi connectivity index (χ2v) is 10.6. The number of likely N-dealkylation sites (tertiary alicyclic amines) is 1. The van der Waals surface area contributed by atoms with Crippen LogP contribution in [-0.2, 0) is 22.3 Å². The molecule has 202 valence electrons. The predicted octanol–water partition coefficient (Wildman–Crippen LogP) is 3.96. The van der Waals surface area contributed by atoms with Crippen LogP contribution in [0.4, 0.5) is 24.8 Å². The van der Waals surface area contributed by atoms with Crippen molar-refractivity contribution < 1.29 is 22.8 Å². The third-order valence-electron chi connectivity index (χ3n) is 7.59. The summed E-state index contributed by atoms with van der Waals surface area (Å²) in [5.41, 5.74) is 5.33. The maximum Gasteiger partial charge on any atom is 0.433 e. The summed E-state index contributed by atoms with van der Waals surface area (Å²) in [4.78, 5) is 44.7. The molecule has 14 heteroatoms. The van der Waals surface area contributed by atoms with Gasteiger partial charge in [-0.2, -0.15) is 13.2 Å². The van der Waals surface area contributed by atoms with Gasteiger partial charge in [0.2, 0.25) is 11.8 Å². The van der Waals surface area contributed by atoms with Crippen LogP contribution in [0.3, 0.4) is 0 Å². The van der Waals surface area contributed by atoms with Crippen molar-refractivity contribution in [2.75, 3.05) is 11.1 Å². The van der Waals surface area contributed by atoms with Crippen molar-refractivity contribution in [2.45, 2.75) is 51.5 Å². The molecular formula is C25H22ClF3N8O2. The Morgan fingerprint density at radius 3 is 2.72 bits per heavy atom. The summed E-state index contributed by atoms with van der Waals surface area (Å²) >= 11 is 5.94. The van der Waals surface area contributed by atoms with Crippen LogP contribution >= 0.6 is 11.6 Å². The summed E-state index contributed by atoms with van der Waals surface area (Å²) in [6.45, 7) is 3.17. The number of halogens is 4. The highest BCUT2D eigenvalue weighted by Crippen LogP contribution is 2.59. The SMILES string of the molecule is Cc1nc(C(F)(F)F)cc2c3c(N)ncnc3n(CC(=O)N3[C@H](C(=O)Nc4cccc(Cl)n4)C[C@@]4(C)C[C@@H]34)c12. The van der Waals surface area contributed by atoms with E-state index in [-0.39, 0.29) is 62.8 Å². The number of hydrogen-bond acceptors (Lipinski definition) is 7. The van der Waals surface area contributed by atoms with E-state index in [1.54, 1.807) is 23.1 Å². The van der Waals surface area contributed by atoms with Crippen LogP contribution in [0.25, 0.3) is 21.9 Å². The number of nitrogen functional groups attached to an aromatic ring is 1. The lowest BCUT2D eigenvalue weighted by Gasteiger charge is -2.27. The van der Waals surface area contributed by atoms with Crippen LogP contribution in [0.5, 0.6) is 0 Å². The highest BCUT2D eigenvalue weighted by atomic mass is 35.5. The van der Waals surface area contributed by atoms with Crippen LogP contribution in [0.2, 0.25) is 5.15 Å². The molecule has 2 fully saturated rings. The molecular weight excluding hydrogens is 537 g/mol. The number of aromatic nitrogens is 5. The van der Waals surface area contributed by atoms with E-state index in [1.165, 1.54) is 17.8 Å². The maximum atomic E-state index is 13.8. The van der Waals surface area contributed by atoms with Gasteiger partial charge >= 0.3 is 6.18 Å². The Balaban J connectivity index is 1.39. The van der Waals surface area contributed by atoms with E-state index in [9.17, 15) is 22.8 Å². The lowest BCUT2D eigenvalue weighted by Crippen LogP contribution is -2.46. The third kappa shape index (κ3) is 4.11. The average molecular weight is 559 g/mol. The number of aryl methyl sites for hydroxylation is 1. The van der Waals surface area contributed by atoms with Crippen LogP contribution in [0.1, 0.15) is 31.2 Å². The number of anilines is 2. The highest BCUT2D eigenvalue weighted by Gasteiger charge is 2.64. The van der Waals surface area contributed by atoms with Gasteiger partial charge in [0.15, 0.2) is 0 Å². The van der Waals surface area contributed by atoms with Crippen molar-refractivity contribution >= 4 is 57.0 Å². The predicted molar refractivity (Wildman–Crippen MR) is 137 cm³/mol. The van der Waals surface area contributed by atoms with Crippen molar-refractivity contribution in [3.8, 4) is 0 Å². The Bertz CT molecular complexity index is 1690. The van der Waals surface area contributed by atoms with Gasteiger partial charge in [-0.15, -0.1) is 0 Å². The average Bonchev–Trinajstić information content (AvgIpc) is 3.25. The summed E-state index contributed by atoms with van der Waals surface area (Å²) in [7, 11) is 0. The van der Waals surface area contributed by atoms with Gasteiger partial charge in [0, 0.05) is 11.4 Å². The van der Waals surface area contributed by atoms with Crippen molar-refractivity contribution in [3.05, 3.63) is 47.1 Å². The van der Waals surface area contributed by atoms with E-state index in [1.807, 2.05) is 6.92 Å². The van der Waals surface area contributed by atoms with Gasteiger partial charge in [0.1, 0.15) is 47.0 Å². The fraction of sp³-hybridized carbons (Fsp3) is 0.360. The molecule has 6 rings (SSSR count). The van der Waals surface area contributed by atoms with Crippen LogP contribution in [0.15, 0.2) is 30.6 Å². The molecule has 1 aliphatic heterocycles. The normalized spacial score (nSPS) is 22.4. The lowest BCUT2D eigenvalue weighted by molar-refractivity contribution is -0.141. The molecule has 0 bridgehead atoms. The summed E-state index contributed by atoms with van der Waals surface area (Å²) in [5, 5.41) is 3.30. The number of amides is 2. The molecule has 5 heterocycles. The number of nitrogens with two attached hydrogens (primary N) is 1. The fourth-order valence-electron chi connectivity index (χ4n) is 5.72. The Labute approximate surface area is 224 Å². The molecule has 3 atom stereocenters. The van der Waals surface area contributed by atoms with Crippen LogP contribution in [0, 0.1) is 12.3 Å². The molecule has 1 aliphatic carbocycles. The van der Waals surface area contributed by atoms with Crippen LogP contribution < -0.4 is 11.1 Å². The molecule has 1 saturated heterocycles. The van der Waals surface area contributed by atoms with E-state index in [0.717, 1.165) is 12.5 Å². The van der Waals surface area contributed by atoms with E-state index in [2.05, 4.69) is 25.3 Å². The summed E-state index contributed by atoms with van der Waals surface area (Å²) < 4.78 is 42.2. The molecule has 0 spiro atoms. The number of pyridine rings is 2. The van der Waals surface area contributed by atoms with Gasteiger partial charge in [0.05, 0.1) is 16.6 Å². The van der Waals surface area contributed by atoms with Gasteiger partial charge in [0.25, 0.3) is 0 Å². The van der Waals surface area contributed by atoms with Gasteiger partial charge < -0.3 is 20.5 Å². The molecule has 4 aromatic rings. The molecule has 1 saturated carbocycles. The zero-order chi connectivity index (χ0) is 27.9. The molecule has 39 heavy (non-hydrogen) atoms. The van der Waals surface area contributed by atoms with Crippen molar-refractivity contribution in [1.29, 1.82) is 0 Å². The first-order chi connectivity index (χ1) is 18.4. The summed E-state index contributed by atoms with van der Waals surface area (Å²) in [6, 6.07) is 4.82. The number of rotatable bonds is 4. The maximum absolute atomic E-state index is 13.8. The van der Waals surface area contributed by atoms with Crippen LogP contribution in [-0.4, -0.2) is 53.3 Å². The fourth-order valence-corrected chi connectivity index (χ4v) is 5.88. The molecule has 0 unspecified atom stereocenters. The Morgan fingerprint density at radius 2 is 2.00 bits per heavy atom. The lowest BCUT2D eigenvalue weighted by atomic mass is 10.0. The Morgan fingerprint density at radius 1 is 1.23 bits per heavy atom. The smallest absolute Gasteiger partial charge is 0.383 e. The highest BCUT2D eigenvalue weighted by molar-refractivity contribution is 6.29. The number of nitrogens with one attached hydrogen (secondary N) is 1. The number of carbonyl (C=O) groups excluding carboxylic acids is 2. The molecule has 0 radical (unpaired) electrons. The molecule has 2 amide bonds. The van der Waals surface area contributed by atoms with Gasteiger partial charge in [-0.05, 0) is 43.4 Å². The minimum absolute atomic E-state index is 0.0165. The molecule has 0 aromatic carbocycles. The second kappa shape index (κ2) is 8.50. The first-order valence-electron chi connectivity index (χ1n) is 12.1. The number of piperidine rings is 1. The van der Waals surface area contributed by atoms with E-state index < -0.39 is 23.8 Å². The number of carbonyl (C=O) groups is 2. The largest absolute Gasteiger partial charge is 0.433 e. The van der Waals surface area contributed by atoms with Gasteiger partial charge in [-0.25, -0.2) is 19.9 Å².